The Kier molecular flexibility index (Phi) is 8.12. The van der Waals surface area contributed by atoms with Gasteiger partial charge in [-0.3, -0.25) is 9.59 Å². The molecule has 142 valence electrons. The largest absolute Gasteiger partial charge is 0.469 e. The van der Waals surface area contributed by atoms with Gasteiger partial charge < -0.3 is 9.84 Å². The topological polar surface area (TPSA) is 63.6 Å². The molecule has 4 nitrogen and oxygen atoms in total. The van der Waals surface area contributed by atoms with Crippen LogP contribution in [0, 0.1) is 29.6 Å². The average Bonchev–Trinajstić information content (AvgIpc) is 3.13. The monoisotopic (exact) mass is 358 g/mol. The molecule has 4 atom stereocenters. The highest BCUT2D eigenvalue weighted by Gasteiger charge is 2.44. The van der Waals surface area contributed by atoms with E-state index < -0.39 is 0 Å². The number of aliphatic hydroxyl groups excluding tert-OH is 1. The van der Waals surface area contributed by atoms with Crippen LogP contribution < -0.4 is 0 Å². The van der Waals surface area contributed by atoms with Crippen molar-refractivity contribution in [2.24, 2.45) is 17.8 Å². The van der Waals surface area contributed by atoms with E-state index in [2.05, 4.69) is 22.7 Å². The van der Waals surface area contributed by atoms with Crippen LogP contribution in [0.1, 0.15) is 58.3 Å². The summed E-state index contributed by atoms with van der Waals surface area (Å²) in [6.07, 6.45) is 11.5. The van der Waals surface area contributed by atoms with Crippen LogP contribution >= 0.6 is 0 Å². The van der Waals surface area contributed by atoms with E-state index in [1.807, 2.05) is 6.08 Å². The molecule has 2 aliphatic rings. The van der Waals surface area contributed by atoms with Crippen LogP contribution in [0.3, 0.4) is 0 Å². The van der Waals surface area contributed by atoms with Gasteiger partial charge in [0.2, 0.25) is 0 Å². The first kappa shape index (κ1) is 20.5. The lowest BCUT2D eigenvalue weighted by Gasteiger charge is -2.16. The van der Waals surface area contributed by atoms with E-state index >= 15 is 0 Å². The first-order valence-electron chi connectivity index (χ1n) is 9.58. The molecule has 0 aromatic rings. The van der Waals surface area contributed by atoms with Crippen LogP contribution in [-0.4, -0.2) is 30.1 Å². The van der Waals surface area contributed by atoms with Gasteiger partial charge in [0.05, 0.1) is 13.2 Å². The first-order chi connectivity index (χ1) is 12.5. The van der Waals surface area contributed by atoms with Gasteiger partial charge in [0, 0.05) is 25.2 Å². The van der Waals surface area contributed by atoms with Gasteiger partial charge >= 0.3 is 5.97 Å². The van der Waals surface area contributed by atoms with Crippen molar-refractivity contribution in [3.63, 3.8) is 0 Å². The van der Waals surface area contributed by atoms with Crippen LogP contribution in [-0.2, 0) is 14.3 Å². The number of fused-ring (bicyclic) bond motifs is 1. The molecule has 0 amide bonds. The number of aliphatic hydroxyl groups is 1. The van der Waals surface area contributed by atoms with E-state index in [-0.39, 0.29) is 23.8 Å². The van der Waals surface area contributed by atoms with E-state index in [1.165, 1.54) is 12.7 Å². The number of allylic oxidation sites excluding steroid dienone is 3. The number of carbonyl (C=O) groups excluding carboxylic acids is 2. The number of rotatable bonds is 8. The molecule has 1 N–H and O–H groups in total. The molecule has 2 aliphatic carbocycles. The third kappa shape index (κ3) is 5.85. The summed E-state index contributed by atoms with van der Waals surface area (Å²) in [6.45, 7) is 1.77. The third-order valence-corrected chi connectivity index (χ3v) is 5.53. The summed E-state index contributed by atoms with van der Waals surface area (Å²) in [4.78, 5) is 23.0. The van der Waals surface area contributed by atoms with Crippen LogP contribution in [0.2, 0.25) is 0 Å². The predicted molar refractivity (Wildman–Crippen MR) is 101 cm³/mol. The molecule has 4 heteroatoms. The molecular formula is C22H30O4. The van der Waals surface area contributed by atoms with Gasteiger partial charge in [-0.25, -0.2) is 0 Å². The summed E-state index contributed by atoms with van der Waals surface area (Å²) in [6, 6.07) is 0. The lowest BCUT2D eigenvalue weighted by atomic mass is 9.90. The van der Waals surface area contributed by atoms with Gasteiger partial charge in [0.1, 0.15) is 0 Å². The van der Waals surface area contributed by atoms with Crippen molar-refractivity contribution < 1.29 is 19.4 Å². The number of hydrogen-bond donors (Lipinski definition) is 1. The van der Waals surface area contributed by atoms with E-state index in [0.29, 0.717) is 31.1 Å². The Morgan fingerprint density at radius 1 is 1.31 bits per heavy atom. The van der Waals surface area contributed by atoms with E-state index in [4.69, 9.17) is 0 Å². The van der Waals surface area contributed by atoms with Gasteiger partial charge in [-0.05, 0) is 56.9 Å². The first-order valence-corrected chi connectivity index (χ1v) is 9.58. The summed E-state index contributed by atoms with van der Waals surface area (Å²) in [5.41, 5.74) is 1.43. The maximum Gasteiger partial charge on any atom is 0.305 e. The Morgan fingerprint density at radius 2 is 2.12 bits per heavy atom. The fourth-order valence-electron chi connectivity index (χ4n) is 4.21. The fraction of sp³-hybridized carbons (Fsp3) is 0.636. The van der Waals surface area contributed by atoms with E-state index in [0.717, 1.165) is 32.1 Å². The van der Waals surface area contributed by atoms with Crippen LogP contribution in [0.5, 0.6) is 0 Å². The molecule has 26 heavy (non-hydrogen) atoms. The molecule has 0 aromatic heterocycles. The summed E-state index contributed by atoms with van der Waals surface area (Å²) in [5.74, 6) is 6.63. The number of ketones is 1. The van der Waals surface area contributed by atoms with E-state index in [9.17, 15) is 14.7 Å². The minimum absolute atomic E-state index is 0.0715. The highest BCUT2D eigenvalue weighted by molar-refractivity contribution is 5.89. The van der Waals surface area contributed by atoms with Crippen molar-refractivity contribution in [3.05, 3.63) is 23.8 Å². The van der Waals surface area contributed by atoms with E-state index in [1.54, 1.807) is 13.0 Å². The van der Waals surface area contributed by atoms with Crippen LogP contribution in [0.15, 0.2) is 23.8 Å². The maximum atomic E-state index is 11.9. The number of hydrogen-bond acceptors (Lipinski definition) is 4. The molecule has 2 rings (SSSR count). The summed E-state index contributed by atoms with van der Waals surface area (Å²) in [7, 11) is 1.42. The maximum absolute atomic E-state index is 11.9. The Labute approximate surface area is 156 Å². The zero-order valence-electron chi connectivity index (χ0n) is 15.9. The zero-order chi connectivity index (χ0) is 18.9. The lowest BCUT2D eigenvalue weighted by molar-refractivity contribution is -0.140. The minimum Gasteiger partial charge on any atom is -0.469 e. The Morgan fingerprint density at radius 3 is 2.85 bits per heavy atom. The number of ether oxygens (including phenoxy) is 1. The summed E-state index contributed by atoms with van der Waals surface area (Å²) >= 11 is 0. The standard InChI is InChI=1S/C22H30O4/c1-3-4-5-9-18(23)11-12-19-20-14-16(13-17(20)15-21(19)24)8-6-7-10-22(25)26-2/h8,11-12,17,19-21,24H,5-7,9-10,13-15H2,1-2H3/b12-11+,16-8+/t17?,19-,20+,21-/m1/s1. The summed E-state index contributed by atoms with van der Waals surface area (Å²) in [5, 5.41) is 10.4. The van der Waals surface area contributed by atoms with Gasteiger partial charge in [0.15, 0.2) is 5.78 Å². The normalized spacial score (nSPS) is 28.8. The molecule has 0 aromatic carbocycles. The van der Waals surface area contributed by atoms with Crippen molar-refractivity contribution in [2.45, 2.75) is 64.4 Å². The summed E-state index contributed by atoms with van der Waals surface area (Å²) < 4.78 is 4.66. The second kappa shape index (κ2) is 10.3. The van der Waals surface area contributed by atoms with Gasteiger partial charge in [-0.15, -0.1) is 11.8 Å². The minimum atomic E-state index is -0.342. The quantitative estimate of drug-likeness (QED) is 0.237. The molecule has 0 aliphatic heterocycles. The highest BCUT2D eigenvalue weighted by atomic mass is 16.5. The average molecular weight is 358 g/mol. The Hall–Kier alpha value is -1.86. The smallest absolute Gasteiger partial charge is 0.305 e. The number of esters is 1. The lowest BCUT2D eigenvalue weighted by Crippen LogP contribution is -2.17. The second-order valence-corrected chi connectivity index (χ2v) is 7.30. The molecule has 0 saturated heterocycles. The molecular weight excluding hydrogens is 328 g/mol. The SMILES string of the molecule is CC#CCCC(=O)/C=C/[C@H]1[C@H](O)CC2C/C(=C\CCCC(=O)OC)C[C@@H]21. The molecule has 0 heterocycles. The molecule has 2 saturated carbocycles. The number of methoxy groups -OCH3 is 1. The van der Waals surface area contributed by atoms with Crippen molar-refractivity contribution in [1.82, 2.24) is 0 Å². The third-order valence-electron chi connectivity index (χ3n) is 5.53. The highest BCUT2D eigenvalue weighted by Crippen LogP contribution is 2.50. The van der Waals surface area contributed by atoms with Gasteiger partial charge in [0.25, 0.3) is 0 Å². The Balaban J connectivity index is 1.84. The zero-order valence-corrected chi connectivity index (χ0v) is 15.9. The molecule has 1 unspecified atom stereocenters. The molecule has 0 bridgehead atoms. The van der Waals surface area contributed by atoms with Crippen molar-refractivity contribution in [2.75, 3.05) is 7.11 Å². The van der Waals surface area contributed by atoms with Gasteiger partial charge in [-0.2, -0.15) is 0 Å². The number of carbonyl (C=O) groups is 2. The molecule has 0 spiro atoms. The fourth-order valence-corrected chi connectivity index (χ4v) is 4.21. The number of unbranched alkanes of at least 4 members (excludes halogenated alkanes) is 1. The second-order valence-electron chi connectivity index (χ2n) is 7.30. The molecule has 2 fully saturated rings. The van der Waals surface area contributed by atoms with Crippen LogP contribution in [0.25, 0.3) is 0 Å². The molecule has 0 radical (unpaired) electrons. The predicted octanol–water partition coefficient (Wildman–Crippen LogP) is 3.59. The van der Waals surface area contributed by atoms with Crippen molar-refractivity contribution in [3.8, 4) is 11.8 Å². The van der Waals surface area contributed by atoms with Crippen molar-refractivity contribution >= 4 is 11.8 Å². The van der Waals surface area contributed by atoms with Crippen LogP contribution in [0.4, 0.5) is 0 Å². The van der Waals surface area contributed by atoms with Gasteiger partial charge in [-0.1, -0.05) is 17.7 Å². The van der Waals surface area contributed by atoms with Crippen molar-refractivity contribution in [1.29, 1.82) is 0 Å². The Bertz CT molecular complexity index is 620.